The van der Waals surface area contributed by atoms with Crippen molar-refractivity contribution >= 4 is 5.91 Å². The van der Waals surface area contributed by atoms with Crippen LogP contribution in [-0.2, 0) is 0 Å². The quantitative estimate of drug-likeness (QED) is 0.621. The van der Waals surface area contributed by atoms with Crippen molar-refractivity contribution in [2.45, 2.75) is 46.1 Å². The molecule has 2 atom stereocenters. The second-order valence-corrected chi connectivity index (χ2v) is 9.79. The highest BCUT2D eigenvalue weighted by atomic mass is 16.3. The van der Waals surface area contributed by atoms with Crippen LogP contribution in [0, 0.1) is 10.8 Å². The second kappa shape index (κ2) is 6.34. The molecule has 29 heavy (non-hydrogen) atoms. The van der Waals surface area contributed by atoms with Gasteiger partial charge in [-0.15, -0.1) is 0 Å². The van der Waals surface area contributed by atoms with E-state index in [1.54, 1.807) is 10.9 Å². The largest absolute Gasteiger partial charge is 0.463 e. The van der Waals surface area contributed by atoms with Crippen molar-refractivity contribution in [3.63, 3.8) is 0 Å². The molecule has 5 nitrogen and oxygen atoms in total. The van der Waals surface area contributed by atoms with Gasteiger partial charge in [0.05, 0.1) is 12.0 Å². The van der Waals surface area contributed by atoms with E-state index in [0.29, 0.717) is 23.2 Å². The van der Waals surface area contributed by atoms with Crippen molar-refractivity contribution in [3.8, 4) is 17.1 Å². The summed E-state index contributed by atoms with van der Waals surface area (Å²) in [5, 5.41) is 4.72. The fourth-order valence-corrected chi connectivity index (χ4v) is 5.69. The molecule has 1 aliphatic carbocycles. The van der Waals surface area contributed by atoms with Crippen LogP contribution in [0.15, 0.2) is 59.2 Å². The van der Waals surface area contributed by atoms with Crippen LogP contribution in [0.5, 0.6) is 0 Å². The van der Waals surface area contributed by atoms with Gasteiger partial charge in [-0.25, -0.2) is 4.68 Å². The van der Waals surface area contributed by atoms with E-state index in [0.717, 1.165) is 31.5 Å². The van der Waals surface area contributed by atoms with Gasteiger partial charge < -0.3 is 9.32 Å². The number of benzene rings is 1. The zero-order valence-electron chi connectivity index (χ0n) is 17.3. The van der Waals surface area contributed by atoms with Gasteiger partial charge in [-0.3, -0.25) is 4.79 Å². The average molecular weight is 389 g/mol. The Kier molecular flexibility index (Phi) is 3.99. The third kappa shape index (κ3) is 3.18. The Labute approximate surface area is 171 Å². The van der Waals surface area contributed by atoms with E-state index in [1.807, 2.05) is 48.5 Å². The van der Waals surface area contributed by atoms with Crippen LogP contribution in [0.2, 0.25) is 0 Å². The monoisotopic (exact) mass is 389 g/mol. The summed E-state index contributed by atoms with van der Waals surface area (Å²) in [6, 6.07) is 15.7. The SMILES string of the molecule is CC1(C)C[C@@H]2C[C@@](C)(CN2C(=O)c2cc(-c3ccco3)nn2-c2ccccc2)C1. The minimum absolute atomic E-state index is 0.0607. The first-order chi connectivity index (χ1) is 13.8. The molecular weight excluding hydrogens is 362 g/mol. The molecule has 0 spiro atoms. The van der Waals surface area contributed by atoms with Gasteiger partial charge in [0.2, 0.25) is 0 Å². The molecule has 0 N–H and O–H groups in total. The molecule has 2 fully saturated rings. The Morgan fingerprint density at radius 1 is 1.10 bits per heavy atom. The van der Waals surface area contributed by atoms with Gasteiger partial charge in [0.25, 0.3) is 5.91 Å². The van der Waals surface area contributed by atoms with E-state index in [-0.39, 0.29) is 16.7 Å². The normalized spacial score (nSPS) is 25.3. The molecule has 1 aromatic carbocycles. The topological polar surface area (TPSA) is 51.3 Å². The number of para-hydroxylation sites is 1. The summed E-state index contributed by atoms with van der Waals surface area (Å²) in [5.74, 6) is 0.729. The summed E-state index contributed by atoms with van der Waals surface area (Å²) >= 11 is 0. The first kappa shape index (κ1) is 18.2. The number of carbonyl (C=O) groups excluding carboxylic acids is 1. The second-order valence-electron chi connectivity index (χ2n) is 9.79. The number of amides is 1. The lowest BCUT2D eigenvalue weighted by Crippen LogP contribution is -2.38. The maximum Gasteiger partial charge on any atom is 0.272 e. The third-order valence-corrected chi connectivity index (χ3v) is 6.38. The summed E-state index contributed by atoms with van der Waals surface area (Å²) in [7, 11) is 0. The Morgan fingerprint density at radius 3 is 2.62 bits per heavy atom. The number of likely N-dealkylation sites (tertiary alicyclic amines) is 1. The molecule has 2 aromatic heterocycles. The molecule has 5 rings (SSSR count). The minimum Gasteiger partial charge on any atom is -0.463 e. The number of hydrogen-bond donors (Lipinski definition) is 0. The van der Waals surface area contributed by atoms with E-state index in [4.69, 9.17) is 9.52 Å². The Bertz CT molecular complexity index is 1040. The van der Waals surface area contributed by atoms with Crippen LogP contribution in [0.25, 0.3) is 17.1 Å². The molecule has 0 radical (unpaired) electrons. The number of rotatable bonds is 3. The number of furan rings is 1. The molecule has 150 valence electrons. The Hall–Kier alpha value is -2.82. The fraction of sp³-hybridized carbons (Fsp3) is 0.417. The van der Waals surface area contributed by atoms with Crippen LogP contribution in [-0.4, -0.2) is 33.2 Å². The molecule has 2 aliphatic rings. The average Bonchev–Trinajstić information content (AvgIpc) is 3.38. The lowest BCUT2D eigenvalue weighted by atomic mass is 9.65. The van der Waals surface area contributed by atoms with Gasteiger partial charge in [-0.1, -0.05) is 39.0 Å². The van der Waals surface area contributed by atoms with Crippen molar-refractivity contribution in [3.05, 3.63) is 60.5 Å². The summed E-state index contributed by atoms with van der Waals surface area (Å²) in [4.78, 5) is 15.8. The maximum atomic E-state index is 13.8. The summed E-state index contributed by atoms with van der Waals surface area (Å²) in [6.45, 7) is 7.80. The maximum absolute atomic E-state index is 13.8. The third-order valence-electron chi connectivity index (χ3n) is 6.38. The van der Waals surface area contributed by atoms with Gasteiger partial charge in [0.15, 0.2) is 5.76 Å². The van der Waals surface area contributed by atoms with Crippen LogP contribution in [0.3, 0.4) is 0 Å². The zero-order chi connectivity index (χ0) is 20.2. The minimum atomic E-state index is 0.0607. The molecule has 5 heteroatoms. The highest BCUT2D eigenvalue weighted by Crippen LogP contribution is 2.52. The van der Waals surface area contributed by atoms with Crippen molar-refractivity contribution in [2.75, 3.05) is 6.54 Å². The van der Waals surface area contributed by atoms with Crippen molar-refractivity contribution in [2.24, 2.45) is 10.8 Å². The van der Waals surface area contributed by atoms with Gasteiger partial charge in [0, 0.05) is 18.7 Å². The summed E-state index contributed by atoms with van der Waals surface area (Å²) in [6.07, 6.45) is 4.94. The molecule has 0 unspecified atom stereocenters. The smallest absolute Gasteiger partial charge is 0.272 e. The first-order valence-corrected chi connectivity index (χ1v) is 10.3. The number of hydrogen-bond acceptors (Lipinski definition) is 3. The molecule has 1 amide bonds. The molecule has 1 aliphatic heterocycles. The van der Waals surface area contributed by atoms with E-state index in [2.05, 4.69) is 25.7 Å². The highest BCUT2D eigenvalue weighted by Gasteiger charge is 2.51. The number of fused-ring (bicyclic) bond motifs is 2. The van der Waals surface area contributed by atoms with Gasteiger partial charge in [-0.2, -0.15) is 5.10 Å². The van der Waals surface area contributed by atoms with Crippen molar-refractivity contribution in [1.82, 2.24) is 14.7 Å². The standard InChI is InChI=1S/C24H27N3O2/c1-23(2)13-18-14-24(3,15-23)16-26(18)22(28)20-12-19(21-10-7-11-29-21)25-27(20)17-8-5-4-6-9-17/h4-12,18H,13-16H2,1-3H3/t18-,24-/m1/s1. The van der Waals surface area contributed by atoms with E-state index < -0.39 is 0 Å². The molecule has 3 aromatic rings. The van der Waals surface area contributed by atoms with Gasteiger partial charge in [0.1, 0.15) is 11.4 Å². The van der Waals surface area contributed by atoms with Crippen LogP contribution >= 0.6 is 0 Å². The Morgan fingerprint density at radius 2 is 1.90 bits per heavy atom. The Balaban J connectivity index is 1.56. The van der Waals surface area contributed by atoms with E-state index in [9.17, 15) is 4.79 Å². The fourth-order valence-electron chi connectivity index (χ4n) is 5.69. The predicted octanol–water partition coefficient (Wildman–Crippen LogP) is 5.17. The number of carbonyl (C=O) groups is 1. The zero-order valence-corrected chi connectivity index (χ0v) is 17.3. The van der Waals surface area contributed by atoms with Crippen LogP contribution in [0.1, 0.15) is 50.5 Å². The van der Waals surface area contributed by atoms with Crippen LogP contribution < -0.4 is 0 Å². The highest BCUT2D eigenvalue weighted by molar-refractivity contribution is 5.94. The van der Waals surface area contributed by atoms with Crippen molar-refractivity contribution in [1.29, 1.82) is 0 Å². The van der Waals surface area contributed by atoms with Crippen LogP contribution in [0.4, 0.5) is 0 Å². The molecule has 3 heterocycles. The van der Waals surface area contributed by atoms with E-state index in [1.165, 1.54) is 0 Å². The molecule has 1 saturated carbocycles. The predicted molar refractivity (Wildman–Crippen MR) is 112 cm³/mol. The lowest BCUT2D eigenvalue weighted by Gasteiger charge is -2.39. The van der Waals surface area contributed by atoms with Crippen molar-refractivity contribution < 1.29 is 9.21 Å². The lowest BCUT2D eigenvalue weighted by molar-refractivity contribution is 0.0699. The number of nitrogens with zero attached hydrogens (tertiary/aromatic N) is 3. The molecule has 2 bridgehead atoms. The van der Waals surface area contributed by atoms with Gasteiger partial charge >= 0.3 is 0 Å². The number of aromatic nitrogens is 2. The first-order valence-electron chi connectivity index (χ1n) is 10.3. The summed E-state index contributed by atoms with van der Waals surface area (Å²) in [5.41, 5.74) is 2.62. The molecule has 1 saturated heterocycles. The van der Waals surface area contributed by atoms with Gasteiger partial charge in [-0.05, 0) is 54.4 Å². The van der Waals surface area contributed by atoms with E-state index >= 15 is 0 Å². The summed E-state index contributed by atoms with van der Waals surface area (Å²) < 4.78 is 7.30. The molecular formula is C24H27N3O2.